The Labute approximate surface area is 190 Å². The summed E-state index contributed by atoms with van der Waals surface area (Å²) in [5, 5.41) is 3.01. The highest BCUT2D eigenvalue weighted by atomic mass is 32.2. The summed E-state index contributed by atoms with van der Waals surface area (Å²) in [4.78, 5) is 13.0. The summed E-state index contributed by atoms with van der Waals surface area (Å²) in [7, 11) is -0.806. The zero-order valence-electron chi connectivity index (χ0n) is 19.2. The average Bonchev–Trinajstić information content (AvgIpc) is 2.79. The van der Waals surface area contributed by atoms with Crippen LogP contribution in [0.2, 0.25) is 0 Å². The van der Waals surface area contributed by atoms with Crippen molar-refractivity contribution in [3.8, 4) is 11.5 Å². The van der Waals surface area contributed by atoms with Gasteiger partial charge in [-0.2, -0.15) is 0 Å². The number of methoxy groups -OCH3 is 2. The van der Waals surface area contributed by atoms with Gasteiger partial charge in [0.15, 0.2) is 0 Å². The second-order valence-corrected chi connectivity index (χ2v) is 9.98. The van der Waals surface area contributed by atoms with Gasteiger partial charge in [0, 0.05) is 6.07 Å². The maximum atomic E-state index is 13.0. The third kappa shape index (κ3) is 5.54. The van der Waals surface area contributed by atoms with Crippen LogP contribution in [0.4, 0.5) is 5.69 Å². The number of hydrogen-bond acceptors (Lipinski definition) is 5. The summed E-state index contributed by atoms with van der Waals surface area (Å²) in [6.07, 6.45) is 6.34. The molecule has 0 aliphatic heterocycles. The minimum Gasteiger partial charge on any atom is -0.497 e. The third-order valence-electron chi connectivity index (χ3n) is 5.86. The summed E-state index contributed by atoms with van der Waals surface area (Å²) in [5.41, 5.74) is 4.03. The number of carbonyl (C=O) groups excluding carboxylic acids is 1. The van der Waals surface area contributed by atoms with Gasteiger partial charge in [-0.25, -0.2) is 8.42 Å². The average molecular weight is 461 g/mol. The van der Waals surface area contributed by atoms with Crippen molar-refractivity contribution in [2.75, 3.05) is 31.3 Å². The SMILES string of the molecule is CC[C@H](NC(=O)CN(c1cc(OC)ccc1OC)S(C)(=O)=O)c1ccc2c(c1)CCCC2. The standard InChI is InChI=1S/C24H32N2O5S/c1-5-21(19-11-10-17-8-6-7-9-18(17)14-19)25-24(27)16-26(32(4,28)29)22-15-20(30-2)12-13-23(22)31-3/h10-15,21H,5-9,16H2,1-4H3,(H,25,27)/t21-/m0/s1. The molecule has 0 spiro atoms. The first-order valence-electron chi connectivity index (χ1n) is 10.9. The normalized spacial score (nSPS) is 14.2. The number of ether oxygens (including phenoxy) is 2. The smallest absolute Gasteiger partial charge is 0.241 e. The fraction of sp³-hybridized carbons (Fsp3) is 0.458. The molecule has 0 unspecified atom stereocenters. The number of aryl methyl sites for hydroxylation is 2. The summed E-state index contributed by atoms with van der Waals surface area (Å²) in [6, 6.07) is 11.1. The van der Waals surface area contributed by atoms with Gasteiger partial charge >= 0.3 is 0 Å². The topological polar surface area (TPSA) is 84.9 Å². The van der Waals surface area contributed by atoms with Crippen LogP contribution >= 0.6 is 0 Å². The van der Waals surface area contributed by atoms with Crippen LogP contribution in [0.5, 0.6) is 11.5 Å². The first kappa shape index (κ1) is 23.9. The summed E-state index contributed by atoms with van der Waals surface area (Å²) < 4.78 is 36.7. The van der Waals surface area contributed by atoms with Crippen LogP contribution in [0.1, 0.15) is 48.9 Å². The Bertz CT molecular complexity index is 1070. The summed E-state index contributed by atoms with van der Waals surface area (Å²) in [5.74, 6) is 0.422. The van der Waals surface area contributed by atoms with Crippen molar-refractivity contribution >= 4 is 21.6 Å². The minimum absolute atomic E-state index is 0.191. The lowest BCUT2D eigenvalue weighted by atomic mass is 9.89. The van der Waals surface area contributed by atoms with Crippen LogP contribution in [0.25, 0.3) is 0 Å². The minimum atomic E-state index is -3.75. The maximum Gasteiger partial charge on any atom is 0.241 e. The van der Waals surface area contributed by atoms with Crippen molar-refractivity contribution in [3.05, 3.63) is 53.1 Å². The number of nitrogens with one attached hydrogen (secondary N) is 1. The van der Waals surface area contributed by atoms with E-state index in [1.54, 1.807) is 18.2 Å². The summed E-state index contributed by atoms with van der Waals surface area (Å²) in [6.45, 7) is 1.65. The van der Waals surface area contributed by atoms with Gasteiger partial charge < -0.3 is 14.8 Å². The van der Waals surface area contributed by atoms with Crippen LogP contribution in [0, 0.1) is 0 Å². The molecule has 7 nitrogen and oxygen atoms in total. The highest BCUT2D eigenvalue weighted by molar-refractivity contribution is 7.92. The molecule has 0 fully saturated rings. The van der Waals surface area contributed by atoms with Gasteiger partial charge in [-0.1, -0.05) is 25.1 Å². The van der Waals surface area contributed by atoms with E-state index in [2.05, 4.69) is 23.5 Å². The van der Waals surface area contributed by atoms with E-state index in [0.717, 1.165) is 29.0 Å². The first-order chi connectivity index (χ1) is 15.3. The van der Waals surface area contributed by atoms with Crippen LogP contribution in [0.15, 0.2) is 36.4 Å². The molecule has 0 aromatic heterocycles. The molecule has 8 heteroatoms. The molecule has 2 aromatic rings. The molecule has 1 aliphatic rings. The Morgan fingerprint density at radius 2 is 1.78 bits per heavy atom. The molecule has 1 N–H and O–H groups in total. The van der Waals surface area contributed by atoms with Gasteiger partial charge in [-0.15, -0.1) is 0 Å². The number of fused-ring (bicyclic) bond motifs is 1. The van der Waals surface area contributed by atoms with Crippen LogP contribution in [-0.2, 0) is 27.7 Å². The van der Waals surface area contributed by atoms with E-state index in [9.17, 15) is 13.2 Å². The van der Waals surface area contributed by atoms with E-state index in [-0.39, 0.29) is 24.2 Å². The molecular formula is C24H32N2O5S. The number of benzene rings is 2. The maximum absolute atomic E-state index is 13.0. The van der Waals surface area contributed by atoms with Gasteiger partial charge in [-0.3, -0.25) is 9.10 Å². The molecule has 32 heavy (non-hydrogen) atoms. The monoisotopic (exact) mass is 460 g/mol. The predicted octanol–water partition coefficient (Wildman–Crippen LogP) is 3.62. The van der Waals surface area contributed by atoms with Gasteiger partial charge in [0.25, 0.3) is 0 Å². The Hall–Kier alpha value is -2.74. The number of carbonyl (C=O) groups is 1. The zero-order valence-corrected chi connectivity index (χ0v) is 20.0. The Kier molecular flexibility index (Phi) is 7.66. The third-order valence-corrected chi connectivity index (χ3v) is 6.99. The highest BCUT2D eigenvalue weighted by Gasteiger charge is 2.26. The van der Waals surface area contributed by atoms with Crippen molar-refractivity contribution in [1.82, 2.24) is 5.32 Å². The second-order valence-electron chi connectivity index (χ2n) is 8.07. The lowest BCUT2D eigenvalue weighted by Gasteiger charge is -2.26. The molecule has 1 amide bonds. The van der Waals surface area contributed by atoms with E-state index in [1.807, 2.05) is 6.92 Å². The second kappa shape index (κ2) is 10.3. The van der Waals surface area contributed by atoms with E-state index < -0.39 is 10.0 Å². The molecule has 1 atom stereocenters. The quantitative estimate of drug-likeness (QED) is 0.618. The van der Waals surface area contributed by atoms with Crippen molar-refractivity contribution in [3.63, 3.8) is 0 Å². The molecule has 174 valence electrons. The van der Waals surface area contributed by atoms with Crippen LogP contribution in [-0.4, -0.2) is 41.3 Å². The molecule has 0 bridgehead atoms. The fourth-order valence-corrected chi connectivity index (χ4v) is 4.99. The first-order valence-corrected chi connectivity index (χ1v) is 12.7. The molecular weight excluding hydrogens is 428 g/mol. The Morgan fingerprint density at radius 3 is 2.41 bits per heavy atom. The van der Waals surface area contributed by atoms with Crippen LogP contribution in [0.3, 0.4) is 0 Å². The van der Waals surface area contributed by atoms with E-state index >= 15 is 0 Å². The van der Waals surface area contributed by atoms with Crippen molar-refractivity contribution < 1.29 is 22.7 Å². The Morgan fingerprint density at radius 1 is 1.06 bits per heavy atom. The van der Waals surface area contributed by atoms with Gasteiger partial charge in [0.2, 0.25) is 15.9 Å². The summed E-state index contributed by atoms with van der Waals surface area (Å²) >= 11 is 0. The number of rotatable bonds is 9. The van der Waals surface area contributed by atoms with Gasteiger partial charge in [-0.05, 0) is 60.9 Å². The molecule has 0 saturated heterocycles. The highest BCUT2D eigenvalue weighted by Crippen LogP contribution is 2.34. The molecule has 0 heterocycles. The van der Waals surface area contributed by atoms with Crippen LogP contribution < -0.4 is 19.1 Å². The molecule has 2 aromatic carbocycles. The van der Waals surface area contributed by atoms with Gasteiger partial charge in [0.05, 0.1) is 32.2 Å². The largest absolute Gasteiger partial charge is 0.497 e. The lowest BCUT2D eigenvalue weighted by molar-refractivity contribution is -0.120. The number of amides is 1. The number of nitrogens with zero attached hydrogens (tertiary/aromatic N) is 1. The van der Waals surface area contributed by atoms with Crippen molar-refractivity contribution in [2.24, 2.45) is 0 Å². The van der Waals surface area contributed by atoms with Gasteiger partial charge in [0.1, 0.15) is 18.0 Å². The molecule has 0 saturated carbocycles. The lowest BCUT2D eigenvalue weighted by Crippen LogP contribution is -2.41. The molecule has 0 radical (unpaired) electrons. The number of anilines is 1. The molecule has 1 aliphatic carbocycles. The number of hydrogen-bond donors (Lipinski definition) is 1. The van der Waals surface area contributed by atoms with E-state index in [0.29, 0.717) is 17.9 Å². The molecule has 3 rings (SSSR count). The van der Waals surface area contributed by atoms with E-state index in [4.69, 9.17) is 9.47 Å². The predicted molar refractivity (Wildman–Crippen MR) is 126 cm³/mol. The van der Waals surface area contributed by atoms with Crippen molar-refractivity contribution in [1.29, 1.82) is 0 Å². The van der Waals surface area contributed by atoms with Crippen molar-refractivity contribution in [2.45, 2.75) is 45.1 Å². The number of sulfonamides is 1. The zero-order chi connectivity index (χ0) is 23.3. The fourth-order valence-electron chi connectivity index (χ4n) is 4.13. The Balaban J connectivity index is 1.83. The van der Waals surface area contributed by atoms with E-state index in [1.165, 1.54) is 38.2 Å².